The molecule has 0 aliphatic heterocycles. The smallest absolute Gasteiger partial charge is 0.220 e. The van der Waals surface area contributed by atoms with E-state index in [1.54, 1.807) is 11.3 Å². The van der Waals surface area contributed by atoms with Gasteiger partial charge in [0.2, 0.25) is 5.91 Å². The van der Waals surface area contributed by atoms with Gasteiger partial charge in [-0.2, -0.15) is 0 Å². The Hall–Kier alpha value is -1.68. The number of thiazole rings is 1. The van der Waals surface area contributed by atoms with Crippen molar-refractivity contribution in [2.45, 2.75) is 123 Å². The van der Waals surface area contributed by atoms with E-state index in [-0.39, 0.29) is 5.91 Å². The zero-order chi connectivity index (χ0) is 23.6. The average Bonchev–Trinajstić information content (AvgIpc) is 3.29. The fraction of sp³-hybridized carbons (Fsp3) is 0.655. The van der Waals surface area contributed by atoms with Crippen LogP contribution in [0.4, 0.5) is 0 Å². The minimum absolute atomic E-state index is 0.148. The first-order valence-electron chi connectivity index (χ1n) is 13.5. The molecule has 184 valence electrons. The zero-order valence-corrected chi connectivity index (χ0v) is 22.0. The average molecular weight is 471 g/mol. The van der Waals surface area contributed by atoms with E-state index in [1.807, 2.05) is 12.1 Å². The molecule has 0 bridgehead atoms. The van der Waals surface area contributed by atoms with Crippen molar-refractivity contribution in [3.8, 4) is 10.6 Å². The Morgan fingerprint density at radius 3 is 1.94 bits per heavy atom. The normalized spacial score (nSPS) is 11.1. The van der Waals surface area contributed by atoms with E-state index in [0.717, 1.165) is 17.1 Å². The predicted octanol–water partition coefficient (Wildman–Crippen LogP) is 9.00. The molecule has 0 aliphatic carbocycles. The minimum atomic E-state index is 0.148. The van der Waals surface area contributed by atoms with Crippen LogP contribution in [0.5, 0.6) is 0 Å². The Labute approximate surface area is 206 Å². The van der Waals surface area contributed by atoms with Gasteiger partial charge in [0, 0.05) is 17.4 Å². The molecule has 1 amide bonds. The molecule has 1 aromatic carbocycles. The van der Waals surface area contributed by atoms with E-state index in [0.29, 0.717) is 13.0 Å². The van der Waals surface area contributed by atoms with Crippen molar-refractivity contribution in [2.24, 2.45) is 0 Å². The molecule has 0 atom stereocenters. The lowest BCUT2D eigenvalue weighted by Gasteiger charge is -2.05. The molecule has 1 heterocycles. The number of carbonyl (C=O) groups is 1. The van der Waals surface area contributed by atoms with Crippen LogP contribution in [0.15, 0.2) is 29.6 Å². The molecule has 0 aliphatic rings. The SMILES string of the molecule is CCCCCCCCCCCCCCCCCC(=O)NCc1csc(-c2ccccc2C)n1. The van der Waals surface area contributed by atoms with Crippen molar-refractivity contribution in [1.82, 2.24) is 10.3 Å². The molecule has 1 aromatic heterocycles. The van der Waals surface area contributed by atoms with Crippen LogP contribution >= 0.6 is 11.3 Å². The second-order valence-electron chi connectivity index (χ2n) is 9.44. The van der Waals surface area contributed by atoms with Crippen molar-refractivity contribution >= 4 is 17.2 Å². The van der Waals surface area contributed by atoms with Crippen molar-refractivity contribution < 1.29 is 4.79 Å². The number of aryl methyl sites for hydroxylation is 1. The Bertz CT molecular complexity index is 770. The molecule has 0 saturated heterocycles. The lowest BCUT2D eigenvalue weighted by molar-refractivity contribution is -0.121. The van der Waals surface area contributed by atoms with Gasteiger partial charge in [-0.25, -0.2) is 4.98 Å². The van der Waals surface area contributed by atoms with Gasteiger partial charge in [0.15, 0.2) is 0 Å². The number of amides is 1. The van der Waals surface area contributed by atoms with Gasteiger partial charge in [0.1, 0.15) is 5.01 Å². The third kappa shape index (κ3) is 12.4. The largest absolute Gasteiger partial charge is 0.350 e. The van der Waals surface area contributed by atoms with Crippen LogP contribution in [0, 0.1) is 6.92 Å². The highest BCUT2D eigenvalue weighted by atomic mass is 32.1. The summed E-state index contributed by atoms with van der Waals surface area (Å²) in [6.45, 7) is 4.92. The van der Waals surface area contributed by atoms with E-state index < -0.39 is 0 Å². The van der Waals surface area contributed by atoms with Crippen LogP contribution < -0.4 is 5.32 Å². The first-order valence-corrected chi connectivity index (χ1v) is 14.4. The highest BCUT2D eigenvalue weighted by Crippen LogP contribution is 2.26. The van der Waals surface area contributed by atoms with Crippen LogP contribution in [0.2, 0.25) is 0 Å². The van der Waals surface area contributed by atoms with E-state index in [1.165, 1.54) is 101 Å². The number of carbonyl (C=O) groups excluding carboxylic acids is 1. The molecule has 33 heavy (non-hydrogen) atoms. The quantitative estimate of drug-likeness (QED) is 0.208. The lowest BCUT2D eigenvalue weighted by Crippen LogP contribution is -2.22. The first kappa shape index (κ1) is 27.6. The first-order chi connectivity index (χ1) is 16.2. The predicted molar refractivity (Wildman–Crippen MR) is 144 cm³/mol. The molecular formula is C29H46N2OS. The highest BCUT2D eigenvalue weighted by molar-refractivity contribution is 7.13. The summed E-state index contributed by atoms with van der Waals surface area (Å²) in [7, 11) is 0. The highest BCUT2D eigenvalue weighted by Gasteiger charge is 2.08. The monoisotopic (exact) mass is 470 g/mol. The van der Waals surface area contributed by atoms with Crippen molar-refractivity contribution in [3.05, 3.63) is 40.9 Å². The summed E-state index contributed by atoms with van der Waals surface area (Å²) in [5, 5.41) is 6.11. The zero-order valence-electron chi connectivity index (χ0n) is 21.2. The maximum absolute atomic E-state index is 12.1. The topological polar surface area (TPSA) is 42.0 Å². The van der Waals surface area contributed by atoms with Crippen molar-refractivity contribution in [1.29, 1.82) is 0 Å². The number of nitrogens with one attached hydrogen (secondary N) is 1. The third-order valence-corrected chi connectivity index (χ3v) is 7.33. The van der Waals surface area contributed by atoms with Gasteiger partial charge < -0.3 is 5.32 Å². The third-order valence-electron chi connectivity index (χ3n) is 6.40. The number of hydrogen-bond acceptors (Lipinski definition) is 3. The van der Waals surface area contributed by atoms with E-state index in [9.17, 15) is 4.79 Å². The van der Waals surface area contributed by atoms with Crippen molar-refractivity contribution in [3.63, 3.8) is 0 Å². The standard InChI is InChI=1S/C29H46N2OS/c1-3-4-5-6-7-8-9-10-11-12-13-14-15-16-17-22-28(32)30-23-26-24-33-29(31-26)27-21-19-18-20-25(27)2/h18-21,24H,3-17,22-23H2,1-2H3,(H,30,32). The number of nitrogens with zero attached hydrogens (tertiary/aromatic N) is 1. The molecule has 0 spiro atoms. The molecule has 0 unspecified atom stereocenters. The van der Waals surface area contributed by atoms with Gasteiger partial charge in [-0.3, -0.25) is 4.79 Å². The van der Waals surface area contributed by atoms with Gasteiger partial charge in [0.05, 0.1) is 12.2 Å². The summed E-state index contributed by atoms with van der Waals surface area (Å²) >= 11 is 1.65. The molecule has 2 rings (SSSR count). The van der Waals surface area contributed by atoms with E-state index in [4.69, 9.17) is 4.98 Å². The van der Waals surface area contributed by atoms with E-state index >= 15 is 0 Å². The maximum Gasteiger partial charge on any atom is 0.220 e. The summed E-state index contributed by atoms with van der Waals surface area (Å²) in [6.07, 6.45) is 20.8. The maximum atomic E-state index is 12.1. The number of aromatic nitrogens is 1. The van der Waals surface area contributed by atoms with Crippen LogP contribution in [0.3, 0.4) is 0 Å². The minimum Gasteiger partial charge on any atom is -0.350 e. The van der Waals surface area contributed by atoms with Crippen molar-refractivity contribution in [2.75, 3.05) is 0 Å². The summed E-state index contributed by atoms with van der Waals surface area (Å²) in [4.78, 5) is 16.8. The van der Waals surface area contributed by atoms with E-state index in [2.05, 4.69) is 36.7 Å². The molecule has 4 heteroatoms. The van der Waals surface area contributed by atoms with Gasteiger partial charge >= 0.3 is 0 Å². The molecule has 0 saturated carbocycles. The Kier molecular flexibility index (Phi) is 14.8. The summed E-state index contributed by atoms with van der Waals surface area (Å²) in [5.74, 6) is 0.148. The Morgan fingerprint density at radius 1 is 0.818 bits per heavy atom. The summed E-state index contributed by atoms with van der Waals surface area (Å²) < 4.78 is 0. The fourth-order valence-electron chi connectivity index (χ4n) is 4.26. The van der Waals surface area contributed by atoms with Gasteiger partial charge in [-0.1, -0.05) is 121 Å². The van der Waals surface area contributed by atoms with Crippen LogP contribution in [-0.2, 0) is 11.3 Å². The molecule has 0 fully saturated rings. The van der Waals surface area contributed by atoms with Gasteiger partial charge in [-0.05, 0) is 18.9 Å². The van der Waals surface area contributed by atoms with Crippen LogP contribution in [0.25, 0.3) is 10.6 Å². The second-order valence-corrected chi connectivity index (χ2v) is 10.3. The Balaban J connectivity index is 1.40. The van der Waals surface area contributed by atoms with Crippen LogP contribution in [-0.4, -0.2) is 10.9 Å². The number of hydrogen-bond donors (Lipinski definition) is 1. The molecule has 3 nitrogen and oxygen atoms in total. The molecule has 0 radical (unpaired) electrons. The number of rotatable bonds is 19. The van der Waals surface area contributed by atoms with Crippen LogP contribution in [0.1, 0.15) is 121 Å². The number of benzene rings is 1. The summed E-state index contributed by atoms with van der Waals surface area (Å²) in [6, 6.07) is 8.30. The summed E-state index contributed by atoms with van der Waals surface area (Å²) in [5.41, 5.74) is 3.36. The van der Waals surface area contributed by atoms with Gasteiger partial charge in [0.25, 0.3) is 0 Å². The fourth-order valence-corrected chi connectivity index (χ4v) is 5.17. The molecular weight excluding hydrogens is 424 g/mol. The molecule has 2 aromatic rings. The van der Waals surface area contributed by atoms with Gasteiger partial charge in [-0.15, -0.1) is 11.3 Å². The lowest BCUT2D eigenvalue weighted by atomic mass is 10.0. The Morgan fingerprint density at radius 2 is 1.36 bits per heavy atom. The molecule has 1 N–H and O–H groups in total. The second kappa shape index (κ2) is 17.8. The number of unbranched alkanes of at least 4 members (excludes halogenated alkanes) is 14.